The summed E-state index contributed by atoms with van der Waals surface area (Å²) >= 11 is 0.942. The van der Waals surface area contributed by atoms with E-state index in [4.69, 9.17) is 5.14 Å². The van der Waals surface area contributed by atoms with Crippen LogP contribution in [0.5, 0.6) is 0 Å². The van der Waals surface area contributed by atoms with Crippen molar-refractivity contribution in [1.82, 2.24) is 5.32 Å². The number of carbonyl (C=O) groups is 1. The molecule has 0 aliphatic rings. The summed E-state index contributed by atoms with van der Waals surface area (Å²) in [4.78, 5) is 12.1. The Hall–Kier alpha value is -0.970. The van der Waals surface area contributed by atoms with E-state index in [-0.39, 0.29) is 28.8 Å². The van der Waals surface area contributed by atoms with Gasteiger partial charge in [-0.1, -0.05) is 0 Å². The van der Waals surface area contributed by atoms with E-state index in [1.807, 2.05) is 0 Å². The maximum absolute atomic E-state index is 11.6. The Morgan fingerprint density at radius 2 is 1.95 bits per heavy atom. The van der Waals surface area contributed by atoms with E-state index in [9.17, 15) is 21.6 Å². The summed E-state index contributed by atoms with van der Waals surface area (Å²) in [6.07, 6.45) is 1.52. The summed E-state index contributed by atoms with van der Waals surface area (Å²) in [5.41, 5.74) is 0. The van der Waals surface area contributed by atoms with Crippen LogP contribution in [0.3, 0.4) is 0 Å². The van der Waals surface area contributed by atoms with Crippen molar-refractivity contribution in [2.75, 3.05) is 18.6 Å². The number of thiophene rings is 1. The van der Waals surface area contributed by atoms with Crippen molar-refractivity contribution in [3.63, 3.8) is 0 Å². The molecule has 114 valence electrons. The molecule has 0 unspecified atom stereocenters. The van der Waals surface area contributed by atoms with E-state index in [0.29, 0.717) is 11.3 Å². The molecule has 20 heavy (non-hydrogen) atoms. The maximum atomic E-state index is 11.6. The molecule has 7 nitrogen and oxygen atoms in total. The Bertz CT molecular complexity index is 676. The molecule has 0 aliphatic heterocycles. The topological polar surface area (TPSA) is 123 Å². The Labute approximate surface area is 122 Å². The van der Waals surface area contributed by atoms with Crippen molar-refractivity contribution in [1.29, 1.82) is 0 Å². The molecular weight excluding hydrogens is 324 g/mol. The van der Waals surface area contributed by atoms with E-state index < -0.39 is 19.9 Å². The van der Waals surface area contributed by atoms with Gasteiger partial charge in [0.15, 0.2) is 0 Å². The fourth-order valence-corrected chi connectivity index (χ4v) is 3.84. The van der Waals surface area contributed by atoms with Crippen LogP contribution in [0, 0.1) is 0 Å². The summed E-state index contributed by atoms with van der Waals surface area (Å²) in [5, 5.41) is 7.54. The van der Waals surface area contributed by atoms with Gasteiger partial charge < -0.3 is 5.32 Å². The number of nitrogens with one attached hydrogen (secondary N) is 1. The molecule has 0 saturated carbocycles. The molecule has 3 N–H and O–H groups in total. The molecule has 10 heteroatoms. The van der Waals surface area contributed by atoms with E-state index in [1.54, 1.807) is 0 Å². The minimum atomic E-state index is -3.73. The minimum absolute atomic E-state index is 0.0115. The fraction of sp³-hybridized carbons (Fsp3) is 0.500. The van der Waals surface area contributed by atoms with Gasteiger partial charge >= 0.3 is 0 Å². The minimum Gasteiger partial charge on any atom is -0.356 e. The molecule has 1 aromatic rings. The molecular formula is C10H16N2O5S3. The van der Waals surface area contributed by atoms with Gasteiger partial charge in [-0.15, -0.1) is 11.3 Å². The monoisotopic (exact) mass is 340 g/mol. The standard InChI is InChI=1S/C10H16N2O5S3/c1-19(14,15)6-2-5-12-9(13)7-8-3-4-10(18-8)20(11,16)17/h3-4H,2,5-7H2,1H3,(H,12,13)(H2,11,16,17). The Morgan fingerprint density at radius 1 is 1.30 bits per heavy atom. The molecule has 0 aliphatic carbocycles. The van der Waals surface area contributed by atoms with Gasteiger partial charge in [0.1, 0.15) is 14.0 Å². The smallest absolute Gasteiger partial charge is 0.247 e. The number of hydrogen-bond donors (Lipinski definition) is 2. The van der Waals surface area contributed by atoms with Crippen LogP contribution in [0.25, 0.3) is 0 Å². The normalized spacial score (nSPS) is 12.3. The van der Waals surface area contributed by atoms with Crippen molar-refractivity contribution in [3.05, 3.63) is 17.0 Å². The summed E-state index contributed by atoms with van der Waals surface area (Å²) in [5.74, 6) is -0.275. The predicted octanol–water partition coefficient (Wildman–Crippen LogP) is -0.511. The van der Waals surface area contributed by atoms with Crippen molar-refractivity contribution in [2.24, 2.45) is 5.14 Å². The molecule has 0 spiro atoms. The third-order valence-corrected chi connectivity index (χ3v) is 5.82. The van der Waals surface area contributed by atoms with Crippen molar-refractivity contribution >= 4 is 37.1 Å². The number of sulfone groups is 1. The lowest BCUT2D eigenvalue weighted by atomic mass is 10.3. The highest BCUT2D eigenvalue weighted by Gasteiger charge is 2.13. The van der Waals surface area contributed by atoms with Gasteiger partial charge in [0, 0.05) is 17.7 Å². The number of carbonyl (C=O) groups excluding carboxylic acids is 1. The van der Waals surface area contributed by atoms with Crippen molar-refractivity contribution < 1.29 is 21.6 Å². The van der Waals surface area contributed by atoms with E-state index in [1.165, 1.54) is 12.1 Å². The van der Waals surface area contributed by atoms with Crippen molar-refractivity contribution in [3.8, 4) is 0 Å². The summed E-state index contributed by atoms with van der Waals surface area (Å²) < 4.78 is 43.9. The lowest BCUT2D eigenvalue weighted by Crippen LogP contribution is -2.27. The largest absolute Gasteiger partial charge is 0.356 e. The Kier molecular flexibility index (Phi) is 5.68. The maximum Gasteiger partial charge on any atom is 0.247 e. The molecule has 1 amide bonds. The lowest BCUT2D eigenvalue weighted by Gasteiger charge is -2.03. The SMILES string of the molecule is CS(=O)(=O)CCCNC(=O)Cc1ccc(S(N)(=O)=O)s1. The van der Waals surface area contributed by atoms with Crippen LogP contribution in [-0.2, 0) is 31.1 Å². The highest BCUT2D eigenvalue weighted by molar-refractivity contribution is 7.91. The van der Waals surface area contributed by atoms with Crippen LogP contribution in [0.4, 0.5) is 0 Å². The van der Waals surface area contributed by atoms with Gasteiger partial charge in [0.25, 0.3) is 0 Å². The first-order valence-corrected chi connectivity index (χ1v) is 10.1. The van der Waals surface area contributed by atoms with E-state index in [2.05, 4.69) is 5.32 Å². The first-order valence-electron chi connectivity index (χ1n) is 5.64. The number of sulfonamides is 1. The molecule has 0 aromatic carbocycles. The Balaban J connectivity index is 2.42. The number of amides is 1. The lowest BCUT2D eigenvalue weighted by molar-refractivity contribution is -0.120. The fourth-order valence-electron chi connectivity index (χ4n) is 1.39. The van der Waals surface area contributed by atoms with Crippen LogP contribution in [0.1, 0.15) is 11.3 Å². The molecule has 0 bridgehead atoms. The average Bonchev–Trinajstić information content (AvgIpc) is 2.71. The van der Waals surface area contributed by atoms with Crippen molar-refractivity contribution in [2.45, 2.75) is 17.1 Å². The highest BCUT2D eigenvalue weighted by atomic mass is 32.2. The second kappa shape index (κ2) is 6.66. The summed E-state index contributed by atoms with van der Waals surface area (Å²) in [7, 11) is -6.76. The van der Waals surface area contributed by atoms with Crippen LogP contribution >= 0.6 is 11.3 Å². The molecule has 1 aromatic heterocycles. The third kappa shape index (κ3) is 6.46. The van der Waals surface area contributed by atoms with Gasteiger partial charge in [-0.25, -0.2) is 22.0 Å². The summed E-state index contributed by atoms with van der Waals surface area (Å²) in [6.45, 7) is 0.263. The average molecular weight is 340 g/mol. The quantitative estimate of drug-likeness (QED) is 0.647. The molecule has 0 atom stereocenters. The number of primary sulfonamides is 1. The van der Waals surface area contributed by atoms with E-state index in [0.717, 1.165) is 17.6 Å². The molecule has 1 rings (SSSR count). The van der Waals surface area contributed by atoms with Gasteiger partial charge in [0.05, 0.1) is 12.2 Å². The number of rotatable bonds is 7. The second-order valence-electron chi connectivity index (χ2n) is 4.28. The van der Waals surface area contributed by atoms with Gasteiger partial charge in [-0.3, -0.25) is 4.79 Å². The third-order valence-electron chi connectivity index (χ3n) is 2.27. The van der Waals surface area contributed by atoms with Crippen LogP contribution in [0.2, 0.25) is 0 Å². The highest BCUT2D eigenvalue weighted by Crippen LogP contribution is 2.20. The zero-order chi connectivity index (χ0) is 15.4. The molecule has 0 saturated heterocycles. The molecule has 0 fully saturated rings. The first kappa shape index (κ1) is 17.1. The van der Waals surface area contributed by atoms with Crippen LogP contribution in [-0.4, -0.2) is 41.3 Å². The van der Waals surface area contributed by atoms with Gasteiger partial charge in [0.2, 0.25) is 15.9 Å². The van der Waals surface area contributed by atoms with E-state index >= 15 is 0 Å². The second-order valence-corrected chi connectivity index (χ2v) is 9.49. The molecule has 0 radical (unpaired) electrons. The van der Waals surface area contributed by atoms with Gasteiger partial charge in [-0.05, 0) is 18.6 Å². The van der Waals surface area contributed by atoms with Crippen LogP contribution < -0.4 is 10.5 Å². The molecule has 1 heterocycles. The zero-order valence-electron chi connectivity index (χ0n) is 10.8. The predicted molar refractivity (Wildman–Crippen MR) is 76.7 cm³/mol. The zero-order valence-corrected chi connectivity index (χ0v) is 13.3. The first-order chi connectivity index (χ1) is 9.08. The number of hydrogen-bond acceptors (Lipinski definition) is 6. The van der Waals surface area contributed by atoms with Gasteiger partial charge in [-0.2, -0.15) is 0 Å². The van der Waals surface area contributed by atoms with Crippen LogP contribution in [0.15, 0.2) is 16.3 Å². The number of nitrogens with two attached hydrogens (primary N) is 1. The Morgan fingerprint density at radius 3 is 2.45 bits per heavy atom. The summed E-state index contributed by atoms with van der Waals surface area (Å²) in [6, 6.07) is 2.88.